The van der Waals surface area contributed by atoms with Crippen LogP contribution < -0.4 is 10.1 Å². The molecule has 6 nitrogen and oxygen atoms in total. The summed E-state index contributed by atoms with van der Waals surface area (Å²) < 4.78 is 10.9. The summed E-state index contributed by atoms with van der Waals surface area (Å²) >= 11 is 0. The van der Waals surface area contributed by atoms with Gasteiger partial charge in [-0.25, -0.2) is 0 Å². The number of nitrogens with zero attached hydrogens (tertiary/aromatic N) is 3. The van der Waals surface area contributed by atoms with Crippen LogP contribution in [0, 0.1) is 0 Å². The highest BCUT2D eigenvalue weighted by Crippen LogP contribution is 2.27. The Hall–Kier alpha value is -1.95. The maximum absolute atomic E-state index is 5.69. The first-order chi connectivity index (χ1) is 9.99. The van der Waals surface area contributed by atoms with E-state index in [9.17, 15) is 0 Å². The summed E-state index contributed by atoms with van der Waals surface area (Å²) in [5.41, 5.74) is 0.892. The first kappa shape index (κ1) is 15.4. The smallest absolute Gasteiger partial charge is 0.251 e. The van der Waals surface area contributed by atoms with E-state index in [1.54, 1.807) is 25.6 Å². The average Bonchev–Trinajstić information content (AvgIpc) is 2.91. The second kappa shape index (κ2) is 6.67. The number of pyridine rings is 1. The SMILES string of the molecule is COc1cnccc1-c1nnc(CCCNC(C)(C)C)o1. The minimum Gasteiger partial charge on any atom is -0.494 e. The van der Waals surface area contributed by atoms with Gasteiger partial charge in [0.2, 0.25) is 5.89 Å². The quantitative estimate of drug-likeness (QED) is 0.824. The topological polar surface area (TPSA) is 73.1 Å². The van der Waals surface area contributed by atoms with Crippen molar-refractivity contribution in [3.63, 3.8) is 0 Å². The van der Waals surface area contributed by atoms with Crippen LogP contribution in [0.4, 0.5) is 0 Å². The van der Waals surface area contributed by atoms with Gasteiger partial charge in [-0.05, 0) is 39.8 Å². The number of ether oxygens (including phenoxy) is 1. The number of hydrogen-bond donors (Lipinski definition) is 1. The first-order valence-corrected chi connectivity index (χ1v) is 7.05. The highest BCUT2D eigenvalue weighted by Gasteiger charge is 2.13. The Morgan fingerprint density at radius 3 is 2.81 bits per heavy atom. The average molecular weight is 290 g/mol. The van der Waals surface area contributed by atoms with Crippen LogP contribution in [0.3, 0.4) is 0 Å². The van der Waals surface area contributed by atoms with Gasteiger partial charge in [0, 0.05) is 18.2 Å². The number of nitrogens with one attached hydrogen (secondary N) is 1. The molecular weight excluding hydrogens is 268 g/mol. The van der Waals surface area contributed by atoms with Crippen molar-refractivity contribution in [3.05, 3.63) is 24.4 Å². The maximum Gasteiger partial charge on any atom is 0.251 e. The molecule has 0 spiro atoms. The molecule has 0 radical (unpaired) electrons. The van der Waals surface area contributed by atoms with Crippen molar-refractivity contribution >= 4 is 0 Å². The third kappa shape index (κ3) is 4.53. The molecule has 0 aliphatic rings. The summed E-state index contributed by atoms with van der Waals surface area (Å²) in [6.07, 6.45) is 5.01. The Morgan fingerprint density at radius 1 is 1.29 bits per heavy atom. The van der Waals surface area contributed by atoms with E-state index in [0.717, 1.165) is 24.9 Å². The van der Waals surface area contributed by atoms with Crippen molar-refractivity contribution in [1.29, 1.82) is 0 Å². The summed E-state index contributed by atoms with van der Waals surface area (Å²) in [6, 6.07) is 1.80. The molecule has 0 saturated heterocycles. The summed E-state index contributed by atoms with van der Waals surface area (Å²) in [5, 5.41) is 11.6. The number of rotatable bonds is 6. The van der Waals surface area contributed by atoms with E-state index in [1.807, 2.05) is 0 Å². The summed E-state index contributed by atoms with van der Waals surface area (Å²) in [6.45, 7) is 7.36. The largest absolute Gasteiger partial charge is 0.494 e. The standard InChI is InChI=1S/C15H22N4O2/c1-15(2,3)17-8-5-6-13-18-19-14(21-13)11-7-9-16-10-12(11)20-4/h7,9-10,17H,5-6,8H2,1-4H3. The summed E-state index contributed by atoms with van der Waals surface area (Å²) in [5.74, 6) is 1.73. The van der Waals surface area contributed by atoms with Gasteiger partial charge >= 0.3 is 0 Å². The third-order valence-corrected chi connectivity index (χ3v) is 2.92. The van der Waals surface area contributed by atoms with Crippen molar-refractivity contribution in [2.75, 3.05) is 13.7 Å². The molecule has 0 amide bonds. The normalized spacial score (nSPS) is 11.6. The molecule has 2 rings (SSSR count). The number of aromatic nitrogens is 3. The lowest BCUT2D eigenvalue weighted by Crippen LogP contribution is -2.36. The predicted molar refractivity (Wildman–Crippen MR) is 80.2 cm³/mol. The van der Waals surface area contributed by atoms with Gasteiger partial charge in [-0.15, -0.1) is 10.2 Å². The Labute approximate surface area is 124 Å². The maximum atomic E-state index is 5.69. The van der Waals surface area contributed by atoms with Gasteiger partial charge in [0.1, 0.15) is 5.75 Å². The highest BCUT2D eigenvalue weighted by molar-refractivity contribution is 5.60. The van der Waals surface area contributed by atoms with E-state index >= 15 is 0 Å². The minimum absolute atomic E-state index is 0.129. The Morgan fingerprint density at radius 2 is 2.10 bits per heavy atom. The van der Waals surface area contributed by atoms with Crippen LogP contribution in [0.5, 0.6) is 5.75 Å². The second-order valence-electron chi connectivity index (χ2n) is 5.86. The number of hydrogen-bond acceptors (Lipinski definition) is 6. The van der Waals surface area contributed by atoms with Crippen LogP contribution in [0.15, 0.2) is 22.9 Å². The van der Waals surface area contributed by atoms with Crippen molar-refractivity contribution in [2.24, 2.45) is 0 Å². The lowest BCUT2D eigenvalue weighted by Gasteiger charge is -2.19. The second-order valence-corrected chi connectivity index (χ2v) is 5.86. The van der Waals surface area contributed by atoms with E-state index in [1.165, 1.54) is 0 Å². The molecular formula is C15H22N4O2. The van der Waals surface area contributed by atoms with Crippen LogP contribution in [0.25, 0.3) is 11.5 Å². The fourth-order valence-electron chi connectivity index (χ4n) is 1.89. The van der Waals surface area contributed by atoms with E-state index in [4.69, 9.17) is 9.15 Å². The van der Waals surface area contributed by atoms with Crippen molar-refractivity contribution < 1.29 is 9.15 Å². The first-order valence-electron chi connectivity index (χ1n) is 7.05. The molecule has 0 bridgehead atoms. The summed E-state index contributed by atoms with van der Waals surface area (Å²) in [4.78, 5) is 4.01. The van der Waals surface area contributed by atoms with E-state index < -0.39 is 0 Å². The number of aryl methyl sites for hydroxylation is 1. The van der Waals surface area contributed by atoms with E-state index in [-0.39, 0.29) is 5.54 Å². The molecule has 0 aliphatic heterocycles. The third-order valence-electron chi connectivity index (χ3n) is 2.92. The molecule has 1 N–H and O–H groups in total. The van der Waals surface area contributed by atoms with Crippen LogP contribution in [-0.2, 0) is 6.42 Å². The molecule has 0 fully saturated rings. The molecule has 2 heterocycles. The Balaban J connectivity index is 1.95. The van der Waals surface area contributed by atoms with Crippen LogP contribution >= 0.6 is 0 Å². The van der Waals surface area contributed by atoms with Crippen LogP contribution in [-0.4, -0.2) is 34.4 Å². The highest BCUT2D eigenvalue weighted by atomic mass is 16.5. The minimum atomic E-state index is 0.129. The Bertz CT molecular complexity index is 575. The molecule has 0 atom stereocenters. The lowest BCUT2D eigenvalue weighted by atomic mass is 10.1. The fourth-order valence-corrected chi connectivity index (χ4v) is 1.89. The van der Waals surface area contributed by atoms with Gasteiger partial charge in [-0.2, -0.15) is 0 Å². The van der Waals surface area contributed by atoms with Gasteiger partial charge in [-0.1, -0.05) is 0 Å². The zero-order valence-electron chi connectivity index (χ0n) is 13.0. The van der Waals surface area contributed by atoms with Crippen molar-refractivity contribution in [1.82, 2.24) is 20.5 Å². The number of methoxy groups -OCH3 is 1. The van der Waals surface area contributed by atoms with Crippen LogP contribution in [0.2, 0.25) is 0 Å². The Kier molecular flexibility index (Phi) is 4.90. The fraction of sp³-hybridized carbons (Fsp3) is 0.533. The zero-order chi connectivity index (χ0) is 15.3. The van der Waals surface area contributed by atoms with Gasteiger partial charge < -0.3 is 14.5 Å². The summed E-state index contributed by atoms with van der Waals surface area (Å²) in [7, 11) is 1.59. The molecule has 0 saturated carbocycles. The van der Waals surface area contributed by atoms with E-state index in [2.05, 4.69) is 41.3 Å². The van der Waals surface area contributed by atoms with Crippen LogP contribution in [0.1, 0.15) is 33.1 Å². The molecule has 2 aromatic heterocycles. The molecule has 0 unspecified atom stereocenters. The van der Waals surface area contributed by atoms with E-state index in [0.29, 0.717) is 17.5 Å². The monoisotopic (exact) mass is 290 g/mol. The molecule has 6 heteroatoms. The van der Waals surface area contributed by atoms with Crippen molar-refractivity contribution in [3.8, 4) is 17.2 Å². The zero-order valence-corrected chi connectivity index (χ0v) is 13.0. The lowest BCUT2D eigenvalue weighted by molar-refractivity contribution is 0.407. The molecule has 2 aromatic rings. The van der Waals surface area contributed by atoms with Gasteiger partial charge in [0.05, 0.1) is 18.9 Å². The van der Waals surface area contributed by atoms with Gasteiger partial charge in [0.25, 0.3) is 5.89 Å². The van der Waals surface area contributed by atoms with Crippen molar-refractivity contribution in [2.45, 2.75) is 39.2 Å². The molecule has 0 aliphatic carbocycles. The van der Waals surface area contributed by atoms with Gasteiger partial charge in [0.15, 0.2) is 0 Å². The molecule has 0 aromatic carbocycles. The predicted octanol–water partition coefficient (Wildman–Crippen LogP) is 2.46. The van der Waals surface area contributed by atoms with Gasteiger partial charge in [-0.3, -0.25) is 4.98 Å². The molecule has 21 heavy (non-hydrogen) atoms. The molecule has 114 valence electrons.